The molecule has 5 rings (SSSR count). The van der Waals surface area contributed by atoms with E-state index in [2.05, 4.69) is 15.8 Å². The number of hydrogen-bond donors (Lipinski definition) is 2. The Morgan fingerprint density at radius 3 is 2.73 bits per heavy atom. The van der Waals surface area contributed by atoms with Crippen LogP contribution in [0.4, 0.5) is 14.9 Å². The molecular formula is C24H23FN4O4. The Morgan fingerprint density at radius 2 is 2.00 bits per heavy atom. The van der Waals surface area contributed by atoms with Gasteiger partial charge in [-0.2, -0.15) is 0 Å². The number of hydrogen-bond acceptors (Lipinski definition) is 6. The number of nitrogens with one attached hydrogen (secondary N) is 2. The Bertz CT molecular complexity index is 1180. The van der Waals surface area contributed by atoms with Gasteiger partial charge in [0.2, 0.25) is 5.91 Å². The highest BCUT2D eigenvalue weighted by Crippen LogP contribution is 2.41. The van der Waals surface area contributed by atoms with Gasteiger partial charge in [0.1, 0.15) is 18.2 Å². The van der Waals surface area contributed by atoms with Gasteiger partial charge in [-0.25, -0.2) is 9.18 Å². The second kappa shape index (κ2) is 8.67. The molecular weight excluding hydrogens is 427 g/mol. The summed E-state index contributed by atoms with van der Waals surface area (Å²) in [7, 11) is 0. The van der Waals surface area contributed by atoms with Crippen LogP contribution >= 0.6 is 0 Å². The van der Waals surface area contributed by atoms with E-state index in [1.54, 1.807) is 12.5 Å². The van der Waals surface area contributed by atoms with Crippen LogP contribution in [0.5, 0.6) is 0 Å². The summed E-state index contributed by atoms with van der Waals surface area (Å²) in [6.07, 6.45) is 2.83. The van der Waals surface area contributed by atoms with Crippen molar-refractivity contribution >= 4 is 17.7 Å². The quantitative estimate of drug-likeness (QED) is 0.574. The van der Waals surface area contributed by atoms with Crippen LogP contribution in [0.3, 0.4) is 0 Å². The molecule has 3 heterocycles. The van der Waals surface area contributed by atoms with Crippen molar-refractivity contribution in [2.45, 2.75) is 38.6 Å². The fourth-order valence-corrected chi connectivity index (χ4v) is 4.40. The molecule has 2 amide bonds. The molecule has 33 heavy (non-hydrogen) atoms. The number of cyclic esters (lactones) is 1. The van der Waals surface area contributed by atoms with Crippen molar-refractivity contribution in [3.8, 4) is 11.1 Å². The van der Waals surface area contributed by atoms with Crippen LogP contribution in [-0.2, 0) is 29.0 Å². The summed E-state index contributed by atoms with van der Waals surface area (Å²) in [4.78, 5) is 25.1. The molecule has 2 atom stereocenters. The maximum absolute atomic E-state index is 15.1. The zero-order chi connectivity index (χ0) is 22.9. The Balaban J connectivity index is 1.30. The number of benzene rings is 2. The molecule has 0 aliphatic carbocycles. The summed E-state index contributed by atoms with van der Waals surface area (Å²) in [6.45, 7) is 2.95. The lowest BCUT2D eigenvalue weighted by Crippen LogP contribution is -2.40. The zero-order valence-corrected chi connectivity index (χ0v) is 18.0. The van der Waals surface area contributed by atoms with Crippen molar-refractivity contribution < 1.29 is 23.2 Å². The SMILES string of the molecule is CC(=O)NC[C@@H]1OC(=O)N2c3cc(F)c(-c4ccc(CNCc5cnoc5)cc4)cc3C[C@@H]12. The average molecular weight is 450 g/mol. The molecule has 0 unspecified atom stereocenters. The molecule has 2 aliphatic heterocycles. The molecule has 0 spiro atoms. The van der Waals surface area contributed by atoms with Gasteiger partial charge in [-0.15, -0.1) is 0 Å². The molecule has 8 nitrogen and oxygen atoms in total. The Labute approximate surface area is 189 Å². The maximum atomic E-state index is 15.1. The van der Waals surface area contributed by atoms with Crippen LogP contribution in [0, 0.1) is 5.82 Å². The molecule has 0 radical (unpaired) electrons. The molecule has 3 aromatic rings. The van der Waals surface area contributed by atoms with Crippen molar-refractivity contribution in [2.75, 3.05) is 11.4 Å². The van der Waals surface area contributed by atoms with E-state index in [-0.39, 0.29) is 18.5 Å². The molecule has 0 bridgehead atoms. The van der Waals surface area contributed by atoms with Crippen molar-refractivity contribution in [1.82, 2.24) is 15.8 Å². The number of ether oxygens (including phenoxy) is 1. The largest absolute Gasteiger partial charge is 0.442 e. The number of fused-ring (bicyclic) bond motifs is 3. The summed E-state index contributed by atoms with van der Waals surface area (Å²) in [5.41, 5.74) is 4.72. The number of aromatic nitrogens is 1. The van der Waals surface area contributed by atoms with Gasteiger partial charge in [0, 0.05) is 31.1 Å². The smallest absolute Gasteiger partial charge is 0.415 e. The van der Waals surface area contributed by atoms with Crippen LogP contribution in [0.1, 0.15) is 23.6 Å². The van der Waals surface area contributed by atoms with E-state index < -0.39 is 18.0 Å². The van der Waals surface area contributed by atoms with Gasteiger partial charge in [0.15, 0.2) is 0 Å². The van der Waals surface area contributed by atoms with Crippen LogP contribution in [0.25, 0.3) is 11.1 Å². The molecule has 9 heteroatoms. The highest BCUT2D eigenvalue weighted by Gasteiger charge is 2.47. The number of carbonyl (C=O) groups excluding carboxylic acids is 2. The third-order valence-electron chi connectivity index (χ3n) is 6.03. The van der Waals surface area contributed by atoms with Crippen LogP contribution in [0.15, 0.2) is 53.4 Å². The van der Waals surface area contributed by atoms with Gasteiger partial charge >= 0.3 is 6.09 Å². The predicted molar refractivity (Wildman–Crippen MR) is 118 cm³/mol. The number of rotatable bonds is 7. The summed E-state index contributed by atoms with van der Waals surface area (Å²) in [5, 5.41) is 9.67. The molecule has 0 saturated carbocycles. The first-order chi connectivity index (χ1) is 16.0. The second-order valence-corrected chi connectivity index (χ2v) is 8.29. The molecule has 1 aromatic heterocycles. The minimum Gasteiger partial charge on any atom is -0.442 e. The van der Waals surface area contributed by atoms with Crippen molar-refractivity contribution in [3.05, 3.63) is 71.4 Å². The number of amides is 2. The minimum absolute atomic E-state index is 0.189. The predicted octanol–water partition coefficient (Wildman–Crippen LogP) is 3.16. The van der Waals surface area contributed by atoms with E-state index in [1.165, 1.54) is 17.9 Å². The van der Waals surface area contributed by atoms with Crippen LogP contribution in [-0.4, -0.2) is 35.8 Å². The molecule has 1 fully saturated rings. The van der Waals surface area contributed by atoms with E-state index in [9.17, 15) is 9.59 Å². The summed E-state index contributed by atoms with van der Waals surface area (Å²) < 4.78 is 25.3. The Morgan fingerprint density at radius 1 is 1.21 bits per heavy atom. The average Bonchev–Trinajstić information content (AvgIpc) is 3.50. The van der Waals surface area contributed by atoms with Gasteiger partial charge in [-0.05, 0) is 35.2 Å². The van der Waals surface area contributed by atoms with Crippen molar-refractivity contribution in [2.24, 2.45) is 0 Å². The highest BCUT2D eigenvalue weighted by atomic mass is 19.1. The standard InChI is InChI=1S/C24H23FN4O4/c1-14(30)27-12-23-22-7-18-6-19(20(25)8-21(18)29(22)24(31)33-23)17-4-2-15(3-5-17)9-26-10-16-11-28-32-13-16/h2-6,8,11,13,22-23,26H,7,9-10,12H2,1H3,(H,27,30)/t22-,23-/m0/s1. The molecule has 1 saturated heterocycles. The van der Waals surface area contributed by atoms with E-state index in [4.69, 9.17) is 9.26 Å². The van der Waals surface area contributed by atoms with Gasteiger partial charge < -0.3 is 19.9 Å². The van der Waals surface area contributed by atoms with Crippen molar-refractivity contribution in [1.29, 1.82) is 0 Å². The van der Waals surface area contributed by atoms with E-state index >= 15 is 4.39 Å². The lowest BCUT2D eigenvalue weighted by atomic mass is 9.98. The first-order valence-corrected chi connectivity index (χ1v) is 10.7. The molecule has 170 valence electrons. The third kappa shape index (κ3) is 4.19. The lowest BCUT2D eigenvalue weighted by molar-refractivity contribution is -0.119. The first-order valence-electron chi connectivity index (χ1n) is 10.7. The minimum atomic E-state index is -0.510. The summed E-state index contributed by atoms with van der Waals surface area (Å²) in [6, 6.07) is 10.7. The van der Waals surface area contributed by atoms with Gasteiger partial charge in [0.25, 0.3) is 0 Å². The molecule has 2 N–H and O–H groups in total. The number of halogens is 1. The highest BCUT2D eigenvalue weighted by molar-refractivity contribution is 5.94. The second-order valence-electron chi connectivity index (χ2n) is 8.29. The maximum Gasteiger partial charge on any atom is 0.415 e. The fourth-order valence-electron chi connectivity index (χ4n) is 4.40. The lowest BCUT2D eigenvalue weighted by Gasteiger charge is -2.16. The monoisotopic (exact) mass is 450 g/mol. The fraction of sp³-hybridized carbons (Fsp3) is 0.292. The van der Waals surface area contributed by atoms with Crippen LogP contribution < -0.4 is 15.5 Å². The first kappa shape index (κ1) is 21.1. The molecule has 2 aliphatic rings. The third-order valence-corrected chi connectivity index (χ3v) is 6.03. The van der Waals surface area contributed by atoms with Gasteiger partial charge in [-0.1, -0.05) is 29.4 Å². The van der Waals surface area contributed by atoms with Crippen LogP contribution in [0.2, 0.25) is 0 Å². The number of anilines is 1. The molecule has 2 aromatic carbocycles. The Hall–Kier alpha value is -3.72. The topological polar surface area (TPSA) is 96.7 Å². The number of nitrogens with zero attached hydrogens (tertiary/aromatic N) is 2. The zero-order valence-electron chi connectivity index (χ0n) is 18.0. The van der Waals surface area contributed by atoms with E-state index in [0.29, 0.717) is 30.8 Å². The summed E-state index contributed by atoms with van der Waals surface area (Å²) >= 11 is 0. The Kier molecular flexibility index (Phi) is 5.55. The van der Waals surface area contributed by atoms with E-state index in [1.807, 2.05) is 30.3 Å². The summed E-state index contributed by atoms with van der Waals surface area (Å²) in [5.74, 6) is -0.587. The van der Waals surface area contributed by atoms with Gasteiger partial charge in [-0.3, -0.25) is 9.69 Å². The number of carbonyl (C=O) groups is 2. The van der Waals surface area contributed by atoms with Gasteiger partial charge in [0.05, 0.1) is 24.5 Å². The normalized spacial score (nSPS) is 18.7. The van der Waals surface area contributed by atoms with Crippen molar-refractivity contribution in [3.63, 3.8) is 0 Å². The van der Waals surface area contributed by atoms with E-state index in [0.717, 1.165) is 22.3 Å².